The van der Waals surface area contributed by atoms with E-state index in [4.69, 9.17) is 49.3 Å². The van der Waals surface area contributed by atoms with Crippen LogP contribution in [0.15, 0.2) is 100 Å². The summed E-state index contributed by atoms with van der Waals surface area (Å²) in [7, 11) is 1.59. The molecule has 44 heavy (non-hydrogen) atoms. The fraction of sp³-hybridized carbons (Fsp3) is 0.143. The van der Waals surface area contributed by atoms with Crippen LogP contribution >= 0.6 is 46.1 Å². The molecule has 0 bridgehead atoms. The van der Waals surface area contributed by atoms with Gasteiger partial charge in [0.25, 0.3) is 5.56 Å². The number of hydrogen-bond acceptors (Lipinski definition) is 5. The van der Waals surface area contributed by atoms with E-state index in [-0.39, 0.29) is 18.2 Å². The van der Waals surface area contributed by atoms with Gasteiger partial charge in [-0.1, -0.05) is 94.7 Å². The minimum absolute atomic E-state index is 0.0872. The van der Waals surface area contributed by atoms with Crippen LogP contribution in [0.5, 0.6) is 11.5 Å². The molecule has 0 saturated heterocycles. The Bertz CT molecular complexity index is 2130. The molecule has 0 saturated carbocycles. The molecule has 2 heterocycles. The summed E-state index contributed by atoms with van der Waals surface area (Å²) in [4.78, 5) is 19.8. The highest BCUT2D eigenvalue weighted by atomic mass is 35.5. The minimum Gasteiger partial charge on any atom is -0.493 e. The third-order valence-electron chi connectivity index (χ3n) is 7.94. The highest BCUT2D eigenvalue weighted by Crippen LogP contribution is 2.41. The van der Waals surface area contributed by atoms with Crippen molar-refractivity contribution in [3.63, 3.8) is 0 Å². The number of fused-ring (bicyclic) bond motifs is 3. The molecule has 1 aliphatic carbocycles. The Kier molecular flexibility index (Phi) is 7.85. The van der Waals surface area contributed by atoms with E-state index in [1.807, 2.05) is 65.2 Å². The maximum absolute atomic E-state index is 14.1. The van der Waals surface area contributed by atoms with Crippen molar-refractivity contribution in [2.24, 2.45) is 4.99 Å². The average molecular weight is 660 g/mol. The van der Waals surface area contributed by atoms with Crippen LogP contribution in [0.3, 0.4) is 0 Å². The predicted octanol–water partition coefficient (Wildman–Crippen LogP) is 7.87. The molecule has 1 aliphatic heterocycles. The van der Waals surface area contributed by atoms with Crippen molar-refractivity contribution in [3.8, 4) is 11.5 Å². The lowest BCUT2D eigenvalue weighted by Gasteiger charge is -2.30. The van der Waals surface area contributed by atoms with Gasteiger partial charge in [0.2, 0.25) is 0 Å². The van der Waals surface area contributed by atoms with E-state index in [1.165, 1.54) is 16.9 Å². The Morgan fingerprint density at radius 2 is 1.73 bits per heavy atom. The van der Waals surface area contributed by atoms with Gasteiger partial charge in [-0.3, -0.25) is 9.36 Å². The summed E-state index contributed by atoms with van der Waals surface area (Å²) in [6.45, 7) is 0.253. The molecule has 0 fully saturated rings. The largest absolute Gasteiger partial charge is 0.493 e. The molecule has 220 valence electrons. The lowest BCUT2D eigenvalue weighted by atomic mass is 9.83. The number of hydrogen-bond donors (Lipinski definition) is 0. The summed E-state index contributed by atoms with van der Waals surface area (Å²) >= 11 is 20.0. The van der Waals surface area contributed by atoms with E-state index in [9.17, 15) is 4.79 Å². The highest BCUT2D eigenvalue weighted by Gasteiger charge is 2.32. The second kappa shape index (κ2) is 11.9. The first-order valence-electron chi connectivity index (χ1n) is 14.0. The molecule has 2 aliphatic rings. The molecule has 1 atom stereocenters. The second-order valence-corrected chi connectivity index (χ2v) is 12.9. The number of halogens is 3. The van der Waals surface area contributed by atoms with Crippen molar-refractivity contribution in [3.05, 3.63) is 153 Å². The minimum atomic E-state index is -0.265. The van der Waals surface area contributed by atoms with E-state index in [0.29, 0.717) is 35.9 Å². The van der Waals surface area contributed by atoms with Gasteiger partial charge in [0, 0.05) is 26.2 Å². The lowest BCUT2D eigenvalue weighted by molar-refractivity contribution is 0.284. The molecule has 0 spiro atoms. The van der Waals surface area contributed by atoms with Crippen molar-refractivity contribution in [2.45, 2.75) is 25.5 Å². The van der Waals surface area contributed by atoms with Gasteiger partial charge in [-0.05, 0) is 77.6 Å². The van der Waals surface area contributed by atoms with E-state index >= 15 is 0 Å². The van der Waals surface area contributed by atoms with E-state index < -0.39 is 0 Å². The van der Waals surface area contributed by atoms with Crippen LogP contribution in [0, 0.1) is 0 Å². The molecular weight excluding hydrogens is 635 g/mol. The second-order valence-electron chi connectivity index (χ2n) is 10.6. The molecule has 9 heteroatoms. The smallest absolute Gasteiger partial charge is 0.271 e. The van der Waals surface area contributed by atoms with Crippen LogP contribution in [0.1, 0.15) is 40.3 Å². The van der Waals surface area contributed by atoms with Crippen LogP contribution in [0.2, 0.25) is 15.1 Å². The quantitative estimate of drug-likeness (QED) is 0.187. The van der Waals surface area contributed by atoms with E-state index in [2.05, 4.69) is 18.2 Å². The number of benzene rings is 4. The number of aryl methyl sites for hydroxylation is 1. The van der Waals surface area contributed by atoms with Gasteiger partial charge in [-0.15, -0.1) is 0 Å². The molecule has 0 radical (unpaired) electrons. The predicted molar refractivity (Wildman–Crippen MR) is 178 cm³/mol. The summed E-state index contributed by atoms with van der Waals surface area (Å²) in [5.41, 5.74) is 7.05. The van der Waals surface area contributed by atoms with Crippen molar-refractivity contribution >= 4 is 57.9 Å². The fourth-order valence-electron chi connectivity index (χ4n) is 5.81. The van der Waals surface area contributed by atoms with E-state index in [1.54, 1.807) is 19.2 Å². The zero-order valence-electron chi connectivity index (χ0n) is 23.5. The summed E-state index contributed by atoms with van der Waals surface area (Å²) in [5, 5.41) is 1.75. The van der Waals surface area contributed by atoms with Crippen molar-refractivity contribution in [1.82, 2.24) is 4.57 Å². The molecule has 1 aromatic heterocycles. The first kappa shape index (κ1) is 28.9. The standard InChI is InChI=1S/C35H25Cl3N2O3S/c1-42-30-16-20(6-15-29(30)43-19-23-9-13-25(37)18-28(23)38)17-31-34(41)40-33(22-7-11-24(36)12-8-22)27-14-10-21-4-2-3-5-26(21)32(27)39-35(40)44-31/h2-9,11-13,15-18,33H,10,14,19H2,1H3/b31-17+/t33-/m1/s1. The Labute approximate surface area is 272 Å². The van der Waals surface area contributed by atoms with Crippen molar-refractivity contribution in [2.75, 3.05) is 7.11 Å². The molecule has 7 rings (SSSR count). The van der Waals surface area contributed by atoms with Gasteiger partial charge in [0.05, 0.1) is 23.4 Å². The molecular formula is C35H25Cl3N2O3S. The molecule has 5 aromatic rings. The molecule has 5 nitrogen and oxygen atoms in total. The monoisotopic (exact) mass is 658 g/mol. The zero-order valence-corrected chi connectivity index (χ0v) is 26.6. The maximum Gasteiger partial charge on any atom is 0.271 e. The van der Waals surface area contributed by atoms with Crippen molar-refractivity contribution in [1.29, 1.82) is 0 Å². The molecule has 4 aromatic carbocycles. The number of ether oxygens (including phenoxy) is 2. The van der Waals surface area contributed by atoms with Crippen LogP contribution in [0.4, 0.5) is 0 Å². The van der Waals surface area contributed by atoms with Gasteiger partial charge in [0.15, 0.2) is 16.3 Å². The van der Waals surface area contributed by atoms with Gasteiger partial charge in [0.1, 0.15) is 6.61 Å². The Morgan fingerprint density at radius 1 is 0.932 bits per heavy atom. The van der Waals surface area contributed by atoms with Crippen LogP contribution in [0.25, 0.3) is 11.8 Å². The van der Waals surface area contributed by atoms with Gasteiger partial charge < -0.3 is 9.47 Å². The lowest BCUT2D eigenvalue weighted by Crippen LogP contribution is -2.38. The number of methoxy groups -OCH3 is 1. The van der Waals surface area contributed by atoms with Crippen LogP contribution < -0.4 is 24.4 Å². The summed E-state index contributed by atoms with van der Waals surface area (Å²) < 4.78 is 14.1. The topological polar surface area (TPSA) is 52.8 Å². The Morgan fingerprint density at radius 3 is 2.52 bits per heavy atom. The molecule has 0 amide bonds. The number of allylic oxidation sites excluding steroid dienone is 1. The summed E-state index contributed by atoms with van der Waals surface area (Å²) in [5.74, 6) is 1.11. The van der Waals surface area contributed by atoms with Crippen LogP contribution in [-0.4, -0.2) is 11.7 Å². The number of aromatic nitrogens is 1. The number of nitrogens with zero attached hydrogens (tertiary/aromatic N) is 2. The summed E-state index contributed by atoms with van der Waals surface area (Å²) in [6.07, 6.45) is 3.60. The van der Waals surface area contributed by atoms with E-state index in [0.717, 1.165) is 46.4 Å². The highest BCUT2D eigenvalue weighted by molar-refractivity contribution is 7.07. The first-order valence-corrected chi connectivity index (χ1v) is 16.0. The van der Waals surface area contributed by atoms with Gasteiger partial charge in [-0.2, -0.15) is 0 Å². The third-order valence-corrected chi connectivity index (χ3v) is 9.76. The molecule has 0 unspecified atom stereocenters. The zero-order chi connectivity index (χ0) is 30.4. The normalized spacial score (nSPS) is 15.7. The number of thiazole rings is 1. The number of rotatable bonds is 6. The SMILES string of the molecule is COc1cc(/C=c2/sc3n(c2=O)[C@H](c2ccc(Cl)cc2)C2=C(N=3)c3ccccc3CC2)ccc1OCc1ccc(Cl)cc1Cl. The summed E-state index contributed by atoms with van der Waals surface area (Å²) in [6, 6.07) is 26.8. The Balaban J connectivity index is 1.29. The fourth-order valence-corrected chi connectivity index (χ4v) is 7.40. The average Bonchev–Trinajstić information content (AvgIpc) is 3.34. The third kappa shape index (κ3) is 5.37. The van der Waals surface area contributed by atoms with Gasteiger partial charge in [-0.25, -0.2) is 4.99 Å². The Hall–Kier alpha value is -3.81. The maximum atomic E-state index is 14.1. The molecule has 0 N–H and O–H groups in total. The first-order chi connectivity index (χ1) is 21.4. The van der Waals surface area contributed by atoms with Gasteiger partial charge >= 0.3 is 0 Å². The van der Waals surface area contributed by atoms with Crippen LogP contribution in [-0.2, 0) is 13.0 Å². The van der Waals surface area contributed by atoms with Crippen molar-refractivity contribution < 1.29 is 9.47 Å².